The summed E-state index contributed by atoms with van der Waals surface area (Å²) in [5.74, 6) is -0.157. The van der Waals surface area contributed by atoms with Crippen LogP contribution in [0.15, 0.2) is 60.7 Å². The van der Waals surface area contributed by atoms with E-state index >= 15 is 0 Å². The number of amides is 1. The minimum absolute atomic E-state index is 0.157. The van der Waals surface area contributed by atoms with E-state index in [2.05, 4.69) is 26.5 Å². The van der Waals surface area contributed by atoms with E-state index in [9.17, 15) is 10.1 Å². The molecular formula is C19H16N6O. The van der Waals surface area contributed by atoms with Crippen LogP contribution in [0.2, 0.25) is 0 Å². The SMILES string of the molecule is CC(=O)NC1=CC=CC(C#N)(c2ccn(-c3ccnc4[nH]ccc34)n2)C1. The summed E-state index contributed by atoms with van der Waals surface area (Å²) >= 11 is 0. The molecule has 7 nitrogen and oxygen atoms in total. The second-order valence-electron chi connectivity index (χ2n) is 6.21. The molecule has 3 aromatic rings. The number of carbonyl (C=O) groups excluding carboxylic acids is 1. The maximum atomic E-state index is 11.3. The lowest BCUT2D eigenvalue weighted by atomic mass is 9.79. The Hall–Kier alpha value is -3.66. The lowest BCUT2D eigenvalue weighted by Gasteiger charge is -2.25. The van der Waals surface area contributed by atoms with E-state index in [0.29, 0.717) is 17.8 Å². The molecule has 0 saturated heterocycles. The van der Waals surface area contributed by atoms with Gasteiger partial charge in [-0.05, 0) is 24.3 Å². The van der Waals surface area contributed by atoms with Crippen LogP contribution in [-0.4, -0.2) is 25.7 Å². The van der Waals surface area contributed by atoms with Crippen molar-refractivity contribution in [1.82, 2.24) is 25.1 Å². The summed E-state index contributed by atoms with van der Waals surface area (Å²) in [5.41, 5.74) is 2.08. The first kappa shape index (κ1) is 15.8. The number of carbonyl (C=O) groups is 1. The van der Waals surface area contributed by atoms with Gasteiger partial charge >= 0.3 is 0 Å². The monoisotopic (exact) mass is 344 g/mol. The van der Waals surface area contributed by atoms with E-state index < -0.39 is 5.41 Å². The molecule has 1 aliphatic rings. The van der Waals surface area contributed by atoms with Crippen LogP contribution in [0.4, 0.5) is 0 Å². The molecule has 128 valence electrons. The van der Waals surface area contributed by atoms with Crippen LogP contribution in [-0.2, 0) is 10.2 Å². The highest BCUT2D eigenvalue weighted by Crippen LogP contribution is 2.34. The zero-order valence-electron chi connectivity index (χ0n) is 14.1. The maximum Gasteiger partial charge on any atom is 0.220 e. The highest BCUT2D eigenvalue weighted by atomic mass is 16.1. The van der Waals surface area contributed by atoms with Crippen LogP contribution < -0.4 is 5.32 Å². The molecule has 0 fully saturated rings. The third-order valence-electron chi connectivity index (χ3n) is 4.41. The van der Waals surface area contributed by atoms with Crippen molar-refractivity contribution < 1.29 is 4.79 Å². The molecule has 4 rings (SSSR count). The number of allylic oxidation sites excluding steroid dienone is 4. The molecule has 1 atom stereocenters. The molecule has 0 spiro atoms. The first-order valence-corrected chi connectivity index (χ1v) is 8.17. The predicted molar refractivity (Wildman–Crippen MR) is 96.2 cm³/mol. The largest absolute Gasteiger partial charge is 0.346 e. The molecular weight excluding hydrogens is 328 g/mol. The smallest absolute Gasteiger partial charge is 0.220 e. The summed E-state index contributed by atoms with van der Waals surface area (Å²) in [7, 11) is 0. The van der Waals surface area contributed by atoms with Gasteiger partial charge in [-0.3, -0.25) is 4.79 Å². The van der Waals surface area contributed by atoms with Crippen molar-refractivity contribution in [3.05, 3.63) is 66.4 Å². The molecule has 1 unspecified atom stereocenters. The Bertz CT molecular complexity index is 1100. The summed E-state index contributed by atoms with van der Waals surface area (Å²) in [4.78, 5) is 18.7. The predicted octanol–water partition coefficient (Wildman–Crippen LogP) is 2.49. The van der Waals surface area contributed by atoms with Gasteiger partial charge in [-0.15, -0.1) is 0 Å². The Balaban J connectivity index is 1.72. The third kappa shape index (κ3) is 2.58. The van der Waals surface area contributed by atoms with Crippen LogP contribution in [0.25, 0.3) is 16.7 Å². The second-order valence-corrected chi connectivity index (χ2v) is 6.21. The number of nitrogens with one attached hydrogen (secondary N) is 2. The minimum atomic E-state index is -0.915. The molecule has 26 heavy (non-hydrogen) atoms. The number of aromatic nitrogens is 4. The van der Waals surface area contributed by atoms with Crippen molar-refractivity contribution in [2.75, 3.05) is 0 Å². The van der Waals surface area contributed by atoms with Gasteiger partial charge in [0.1, 0.15) is 11.1 Å². The number of aromatic amines is 1. The summed E-state index contributed by atoms with van der Waals surface area (Å²) < 4.78 is 1.75. The molecule has 0 saturated carbocycles. The summed E-state index contributed by atoms with van der Waals surface area (Å²) in [6.45, 7) is 1.45. The highest BCUT2D eigenvalue weighted by molar-refractivity contribution is 5.84. The van der Waals surface area contributed by atoms with Crippen LogP contribution in [0, 0.1) is 11.3 Å². The fourth-order valence-electron chi connectivity index (χ4n) is 3.21. The molecule has 0 bridgehead atoms. The van der Waals surface area contributed by atoms with E-state index in [-0.39, 0.29) is 5.91 Å². The zero-order chi connectivity index (χ0) is 18.1. The van der Waals surface area contributed by atoms with Gasteiger partial charge in [-0.2, -0.15) is 10.4 Å². The second kappa shape index (κ2) is 6.01. The van der Waals surface area contributed by atoms with Gasteiger partial charge in [-0.25, -0.2) is 9.67 Å². The topological polar surface area (TPSA) is 99.4 Å². The van der Waals surface area contributed by atoms with E-state index in [1.54, 1.807) is 23.0 Å². The highest BCUT2D eigenvalue weighted by Gasteiger charge is 2.35. The van der Waals surface area contributed by atoms with Crippen LogP contribution in [0.1, 0.15) is 19.0 Å². The fraction of sp³-hybridized carbons (Fsp3) is 0.158. The van der Waals surface area contributed by atoms with E-state index in [4.69, 9.17) is 0 Å². The van der Waals surface area contributed by atoms with Gasteiger partial charge in [0.2, 0.25) is 5.91 Å². The van der Waals surface area contributed by atoms with Gasteiger partial charge in [0.25, 0.3) is 0 Å². The molecule has 1 amide bonds. The Morgan fingerprint density at radius 3 is 3.12 bits per heavy atom. The number of fused-ring (bicyclic) bond motifs is 1. The number of H-pyrrole nitrogens is 1. The van der Waals surface area contributed by atoms with E-state index in [0.717, 1.165) is 16.7 Å². The van der Waals surface area contributed by atoms with Crippen LogP contribution in [0.5, 0.6) is 0 Å². The Labute approximate surface area is 149 Å². The summed E-state index contributed by atoms with van der Waals surface area (Å²) in [6.07, 6.45) is 11.2. The number of nitriles is 1. The van der Waals surface area contributed by atoms with Crippen LogP contribution in [0.3, 0.4) is 0 Å². The molecule has 3 heterocycles. The average Bonchev–Trinajstić information content (AvgIpc) is 3.30. The van der Waals surface area contributed by atoms with Crippen molar-refractivity contribution in [1.29, 1.82) is 5.26 Å². The number of pyridine rings is 1. The number of hydrogen-bond donors (Lipinski definition) is 2. The van der Waals surface area contributed by atoms with Gasteiger partial charge in [0.05, 0.1) is 17.5 Å². The standard InChI is InChI=1S/C19H16N6O/c1-13(26)23-14-3-2-7-19(11-14,12-20)17-6-10-25(24-17)16-5-9-22-18-15(16)4-8-21-18/h2-10H,11H2,1H3,(H,21,22)(H,23,26). The molecule has 2 N–H and O–H groups in total. The van der Waals surface area contributed by atoms with Crippen molar-refractivity contribution in [3.8, 4) is 11.8 Å². The average molecular weight is 344 g/mol. The minimum Gasteiger partial charge on any atom is -0.346 e. The lowest BCUT2D eigenvalue weighted by Crippen LogP contribution is -2.30. The Morgan fingerprint density at radius 2 is 2.31 bits per heavy atom. The first-order valence-electron chi connectivity index (χ1n) is 8.17. The van der Waals surface area contributed by atoms with Gasteiger partial charge in [0.15, 0.2) is 0 Å². The molecule has 7 heteroatoms. The number of rotatable bonds is 3. The Morgan fingerprint density at radius 1 is 1.42 bits per heavy atom. The normalized spacial score (nSPS) is 19.2. The van der Waals surface area contributed by atoms with Crippen LogP contribution >= 0.6 is 0 Å². The number of nitrogens with zero attached hydrogens (tertiary/aromatic N) is 4. The zero-order valence-corrected chi connectivity index (χ0v) is 14.1. The van der Waals surface area contributed by atoms with Crippen molar-refractivity contribution in [3.63, 3.8) is 0 Å². The Kier molecular flexibility index (Phi) is 3.66. The maximum absolute atomic E-state index is 11.3. The summed E-state index contributed by atoms with van der Waals surface area (Å²) in [6, 6.07) is 8.02. The first-order chi connectivity index (χ1) is 12.6. The van der Waals surface area contributed by atoms with Gasteiger partial charge < -0.3 is 10.3 Å². The molecule has 0 aliphatic heterocycles. The van der Waals surface area contributed by atoms with Crippen molar-refractivity contribution in [2.24, 2.45) is 0 Å². The molecule has 1 aliphatic carbocycles. The van der Waals surface area contributed by atoms with E-state index in [1.807, 2.05) is 36.7 Å². The number of hydrogen-bond acceptors (Lipinski definition) is 4. The fourth-order valence-corrected chi connectivity index (χ4v) is 3.21. The molecule has 0 aromatic carbocycles. The van der Waals surface area contributed by atoms with Gasteiger partial charge in [-0.1, -0.05) is 12.2 Å². The van der Waals surface area contributed by atoms with Gasteiger partial charge in [0, 0.05) is 43.0 Å². The van der Waals surface area contributed by atoms with Crippen molar-refractivity contribution >= 4 is 16.9 Å². The molecule has 3 aromatic heterocycles. The van der Waals surface area contributed by atoms with E-state index in [1.165, 1.54) is 6.92 Å². The van der Waals surface area contributed by atoms with Crippen molar-refractivity contribution in [2.45, 2.75) is 18.8 Å². The third-order valence-corrected chi connectivity index (χ3v) is 4.41. The molecule has 0 radical (unpaired) electrons. The quantitative estimate of drug-likeness (QED) is 0.762. The summed E-state index contributed by atoms with van der Waals surface area (Å²) in [5, 5.41) is 18.2. The lowest BCUT2D eigenvalue weighted by molar-refractivity contribution is -0.118.